The SMILES string of the molecule is CC(C)(C)OC(=O)N1C=C(CC(=O)O)CCC1. The van der Waals surface area contributed by atoms with E-state index in [1.165, 1.54) is 4.90 Å². The van der Waals surface area contributed by atoms with Crippen molar-refractivity contribution in [1.82, 2.24) is 4.90 Å². The minimum atomic E-state index is -0.873. The Hall–Kier alpha value is -1.52. The molecule has 0 atom stereocenters. The monoisotopic (exact) mass is 241 g/mol. The molecule has 0 spiro atoms. The number of hydrogen-bond donors (Lipinski definition) is 1. The number of rotatable bonds is 2. The summed E-state index contributed by atoms with van der Waals surface area (Å²) in [7, 11) is 0. The second-order valence-corrected chi connectivity index (χ2v) is 5.14. The van der Waals surface area contributed by atoms with E-state index in [0.717, 1.165) is 18.4 Å². The van der Waals surface area contributed by atoms with Crippen LogP contribution in [-0.2, 0) is 9.53 Å². The molecule has 96 valence electrons. The van der Waals surface area contributed by atoms with Crippen molar-refractivity contribution in [2.24, 2.45) is 0 Å². The summed E-state index contributed by atoms with van der Waals surface area (Å²) in [5.74, 6) is -0.873. The standard InChI is InChI=1S/C12H19NO4/c1-12(2,3)17-11(16)13-6-4-5-9(8-13)7-10(14)15/h8H,4-7H2,1-3H3,(H,14,15). The van der Waals surface area contributed by atoms with Gasteiger partial charge >= 0.3 is 12.1 Å². The topological polar surface area (TPSA) is 66.8 Å². The highest BCUT2D eigenvalue weighted by Crippen LogP contribution is 2.20. The molecule has 1 amide bonds. The fraction of sp³-hybridized carbons (Fsp3) is 0.667. The van der Waals surface area contributed by atoms with Gasteiger partial charge in [0.25, 0.3) is 0 Å². The molecule has 17 heavy (non-hydrogen) atoms. The summed E-state index contributed by atoms with van der Waals surface area (Å²) in [6.07, 6.45) is 2.68. The smallest absolute Gasteiger partial charge is 0.414 e. The van der Waals surface area contributed by atoms with Gasteiger partial charge in [-0.15, -0.1) is 0 Å². The highest BCUT2D eigenvalue weighted by molar-refractivity contribution is 5.72. The van der Waals surface area contributed by atoms with Gasteiger partial charge in [-0.3, -0.25) is 9.69 Å². The highest BCUT2D eigenvalue weighted by atomic mass is 16.6. The van der Waals surface area contributed by atoms with Crippen molar-refractivity contribution in [1.29, 1.82) is 0 Å². The van der Waals surface area contributed by atoms with Crippen LogP contribution in [0.15, 0.2) is 11.8 Å². The number of amides is 1. The van der Waals surface area contributed by atoms with E-state index >= 15 is 0 Å². The second-order valence-electron chi connectivity index (χ2n) is 5.14. The maximum Gasteiger partial charge on any atom is 0.414 e. The number of carboxylic acid groups (broad SMARTS) is 1. The van der Waals surface area contributed by atoms with Crippen molar-refractivity contribution in [2.45, 2.75) is 45.6 Å². The highest BCUT2D eigenvalue weighted by Gasteiger charge is 2.23. The zero-order valence-electron chi connectivity index (χ0n) is 10.5. The fourth-order valence-corrected chi connectivity index (χ4v) is 1.62. The molecule has 1 aliphatic rings. The Labute approximate surface area is 101 Å². The van der Waals surface area contributed by atoms with Gasteiger partial charge in [-0.05, 0) is 39.2 Å². The molecule has 5 nitrogen and oxygen atoms in total. The molecule has 0 unspecified atom stereocenters. The molecular weight excluding hydrogens is 222 g/mol. The van der Waals surface area contributed by atoms with Crippen LogP contribution in [-0.4, -0.2) is 34.2 Å². The second kappa shape index (κ2) is 5.21. The first kappa shape index (κ1) is 13.5. The first-order chi connectivity index (χ1) is 7.78. The van der Waals surface area contributed by atoms with Crippen molar-refractivity contribution in [3.05, 3.63) is 11.8 Å². The summed E-state index contributed by atoms with van der Waals surface area (Å²) >= 11 is 0. The number of aliphatic carboxylic acids is 1. The molecule has 1 heterocycles. The van der Waals surface area contributed by atoms with E-state index in [2.05, 4.69) is 0 Å². The predicted molar refractivity (Wildman–Crippen MR) is 62.5 cm³/mol. The van der Waals surface area contributed by atoms with Gasteiger partial charge < -0.3 is 9.84 Å². The number of ether oxygens (including phenoxy) is 1. The Balaban J connectivity index is 2.65. The molecular formula is C12H19NO4. The normalized spacial score (nSPS) is 16.4. The lowest BCUT2D eigenvalue weighted by Crippen LogP contribution is -2.35. The zero-order valence-corrected chi connectivity index (χ0v) is 10.5. The van der Waals surface area contributed by atoms with Gasteiger partial charge in [0.1, 0.15) is 5.60 Å². The van der Waals surface area contributed by atoms with Gasteiger partial charge in [-0.25, -0.2) is 4.79 Å². The van der Waals surface area contributed by atoms with E-state index in [9.17, 15) is 9.59 Å². The Morgan fingerprint density at radius 1 is 1.47 bits per heavy atom. The molecule has 0 aromatic heterocycles. The summed E-state index contributed by atoms with van der Waals surface area (Å²) in [4.78, 5) is 23.8. The van der Waals surface area contributed by atoms with Crippen LogP contribution in [0.3, 0.4) is 0 Å². The van der Waals surface area contributed by atoms with Crippen LogP contribution in [0, 0.1) is 0 Å². The van der Waals surface area contributed by atoms with Crippen molar-refractivity contribution in [3.63, 3.8) is 0 Å². The lowest BCUT2D eigenvalue weighted by atomic mass is 10.0. The van der Waals surface area contributed by atoms with E-state index in [0.29, 0.717) is 6.54 Å². The summed E-state index contributed by atoms with van der Waals surface area (Å²) < 4.78 is 5.23. The van der Waals surface area contributed by atoms with Crippen molar-refractivity contribution in [2.75, 3.05) is 6.54 Å². The first-order valence-electron chi connectivity index (χ1n) is 5.69. The number of carbonyl (C=O) groups excluding carboxylic acids is 1. The molecule has 0 aromatic carbocycles. The lowest BCUT2D eigenvalue weighted by molar-refractivity contribution is -0.136. The number of nitrogens with zero attached hydrogens (tertiary/aromatic N) is 1. The van der Waals surface area contributed by atoms with Crippen LogP contribution in [0.25, 0.3) is 0 Å². The van der Waals surface area contributed by atoms with Gasteiger partial charge in [0.05, 0.1) is 6.42 Å². The van der Waals surface area contributed by atoms with Crippen LogP contribution in [0.4, 0.5) is 4.79 Å². The maximum absolute atomic E-state index is 11.8. The van der Waals surface area contributed by atoms with E-state index < -0.39 is 17.7 Å². The molecule has 0 saturated heterocycles. The molecule has 1 aliphatic heterocycles. The van der Waals surface area contributed by atoms with Crippen molar-refractivity contribution in [3.8, 4) is 0 Å². The largest absolute Gasteiger partial charge is 0.481 e. The Kier molecular flexibility index (Phi) is 4.15. The Bertz CT molecular complexity index is 341. The van der Waals surface area contributed by atoms with Gasteiger partial charge in [0, 0.05) is 12.7 Å². The molecule has 0 aliphatic carbocycles. The molecule has 1 N–H and O–H groups in total. The van der Waals surface area contributed by atoms with Gasteiger partial charge in [0.15, 0.2) is 0 Å². The van der Waals surface area contributed by atoms with Crippen molar-refractivity contribution >= 4 is 12.1 Å². The van der Waals surface area contributed by atoms with Crippen LogP contribution in [0.1, 0.15) is 40.0 Å². The number of carboxylic acids is 1. The van der Waals surface area contributed by atoms with E-state index in [1.807, 2.05) is 0 Å². The molecule has 0 bridgehead atoms. The summed E-state index contributed by atoms with van der Waals surface area (Å²) in [6.45, 7) is 5.99. The maximum atomic E-state index is 11.8. The minimum Gasteiger partial charge on any atom is -0.481 e. The average molecular weight is 241 g/mol. The average Bonchev–Trinajstić information content (AvgIpc) is 2.14. The van der Waals surface area contributed by atoms with E-state index in [-0.39, 0.29) is 6.42 Å². The van der Waals surface area contributed by atoms with E-state index in [4.69, 9.17) is 9.84 Å². The third-order valence-electron chi connectivity index (χ3n) is 2.24. The zero-order chi connectivity index (χ0) is 13.1. The summed E-state index contributed by atoms with van der Waals surface area (Å²) in [5.41, 5.74) is 0.226. The van der Waals surface area contributed by atoms with E-state index in [1.54, 1.807) is 27.0 Å². The molecule has 0 fully saturated rings. The minimum absolute atomic E-state index is 0.0146. The first-order valence-corrected chi connectivity index (χ1v) is 5.69. The van der Waals surface area contributed by atoms with Gasteiger partial charge in [-0.2, -0.15) is 0 Å². The molecule has 1 rings (SSSR count). The van der Waals surface area contributed by atoms with Crippen molar-refractivity contribution < 1.29 is 19.4 Å². The molecule has 0 aromatic rings. The molecule has 5 heteroatoms. The van der Waals surface area contributed by atoms with Crippen LogP contribution < -0.4 is 0 Å². The Morgan fingerprint density at radius 2 is 2.12 bits per heavy atom. The number of hydrogen-bond acceptors (Lipinski definition) is 3. The Morgan fingerprint density at radius 3 is 2.65 bits per heavy atom. The summed E-state index contributed by atoms with van der Waals surface area (Å²) in [5, 5.41) is 8.70. The fourth-order valence-electron chi connectivity index (χ4n) is 1.62. The third kappa shape index (κ3) is 4.89. The number of carbonyl (C=O) groups is 2. The lowest BCUT2D eigenvalue weighted by Gasteiger charge is -2.28. The van der Waals surface area contributed by atoms with Crippen LogP contribution in [0.5, 0.6) is 0 Å². The quantitative estimate of drug-likeness (QED) is 0.806. The van der Waals surface area contributed by atoms with Crippen LogP contribution in [0.2, 0.25) is 0 Å². The van der Waals surface area contributed by atoms with Gasteiger partial charge in [0.2, 0.25) is 0 Å². The molecule has 0 saturated carbocycles. The van der Waals surface area contributed by atoms with Crippen LogP contribution >= 0.6 is 0 Å². The van der Waals surface area contributed by atoms with Gasteiger partial charge in [-0.1, -0.05) is 0 Å². The summed E-state index contributed by atoms with van der Waals surface area (Å²) in [6, 6.07) is 0. The molecule has 0 radical (unpaired) electrons. The third-order valence-corrected chi connectivity index (χ3v) is 2.24. The predicted octanol–water partition coefficient (Wildman–Crippen LogP) is 2.38.